The third kappa shape index (κ3) is 4.83. The van der Waals surface area contributed by atoms with Crippen molar-refractivity contribution in [3.8, 4) is 0 Å². The van der Waals surface area contributed by atoms with Crippen LogP contribution in [0.2, 0.25) is 0 Å². The van der Waals surface area contributed by atoms with Crippen LogP contribution in [0.4, 0.5) is 10.6 Å². The lowest BCUT2D eigenvalue weighted by molar-refractivity contribution is 0.0588. The summed E-state index contributed by atoms with van der Waals surface area (Å²) < 4.78 is 6.12. The molecule has 1 amide bonds. The molecule has 0 saturated carbocycles. The number of anilines is 1. The van der Waals surface area contributed by atoms with Crippen LogP contribution in [-0.4, -0.2) is 23.7 Å². The molecule has 0 fully saturated rings. The number of fused-ring (bicyclic) bond motifs is 1. The third-order valence-corrected chi connectivity index (χ3v) is 3.56. The molecule has 122 valence electrons. The van der Waals surface area contributed by atoms with Crippen LogP contribution < -0.4 is 4.90 Å². The fourth-order valence-electron chi connectivity index (χ4n) is 1.98. The number of aromatic nitrogens is 1. The van der Waals surface area contributed by atoms with Gasteiger partial charge in [-0.3, -0.25) is 4.90 Å². The molecule has 1 aliphatic carbocycles. The molecule has 0 spiro atoms. The first-order valence-corrected chi connectivity index (χ1v) is 8.40. The predicted octanol–water partition coefficient (Wildman–Crippen LogP) is 5.20. The van der Waals surface area contributed by atoms with Gasteiger partial charge in [0.05, 0.1) is 0 Å². The van der Waals surface area contributed by atoms with Crippen molar-refractivity contribution in [2.75, 3.05) is 11.9 Å². The quantitative estimate of drug-likeness (QED) is 0.639. The molecule has 4 nitrogen and oxygen atoms in total. The van der Waals surface area contributed by atoms with Gasteiger partial charge in [-0.25, -0.2) is 9.78 Å². The molecule has 1 aromatic rings. The second kappa shape index (κ2) is 7.77. The van der Waals surface area contributed by atoms with Crippen molar-refractivity contribution in [2.24, 2.45) is 0 Å². The van der Waals surface area contributed by atoms with Gasteiger partial charge in [0.15, 0.2) is 0 Å². The highest BCUT2D eigenvalue weighted by Gasteiger charge is 2.22. The lowest BCUT2D eigenvalue weighted by atomic mass is 9.99. The monoisotopic (exact) mass is 368 g/mol. The molecule has 0 bridgehead atoms. The Balaban J connectivity index is 0.00000116. The molecule has 0 unspecified atom stereocenters. The summed E-state index contributed by atoms with van der Waals surface area (Å²) in [5, 5.41) is 0. The number of carbonyl (C=O) groups is 1. The van der Waals surface area contributed by atoms with Crippen LogP contribution in [0.3, 0.4) is 0 Å². The number of hydrogen-bond acceptors (Lipinski definition) is 3. The smallest absolute Gasteiger partial charge is 0.415 e. The van der Waals surface area contributed by atoms with E-state index in [0.717, 1.165) is 23.0 Å². The fourth-order valence-corrected chi connectivity index (χ4v) is 2.55. The van der Waals surface area contributed by atoms with Gasteiger partial charge in [0, 0.05) is 12.6 Å². The van der Waals surface area contributed by atoms with Gasteiger partial charge in [-0.15, -0.1) is 0 Å². The normalized spacial score (nSPS) is 12.9. The molecule has 2 rings (SSSR count). The van der Waals surface area contributed by atoms with E-state index in [1.165, 1.54) is 10.5 Å². The number of amides is 1. The maximum atomic E-state index is 12.1. The Kier molecular flexibility index (Phi) is 6.60. The molecule has 0 saturated heterocycles. The van der Waals surface area contributed by atoms with Crippen molar-refractivity contribution in [2.45, 2.75) is 53.1 Å². The van der Waals surface area contributed by atoms with E-state index >= 15 is 0 Å². The number of hydrogen-bond donors (Lipinski definition) is 0. The zero-order chi connectivity index (χ0) is 16.9. The van der Waals surface area contributed by atoms with E-state index in [9.17, 15) is 4.79 Å². The highest BCUT2D eigenvalue weighted by molar-refractivity contribution is 9.10. The minimum Gasteiger partial charge on any atom is -0.443 e. The summed E-state index contributed by atoms with van der Waals surface area (Å²) in [6.07, 6.45) is 5.77. The van der Waals surface area contributed by atoms with Crippen LogP contribution in [0, 0.1) is 0 Å². The van der Waals surface area contributed by atoms with Gasteiger partial charge in [-0.1, -0.05) is 26.0 Å². The first-order chi connectivity index (χ1) is 10.3. The number of halogens is 1. The molecule has 0 aliphatic heterocycles. The Morgan fingerprint density at radius 2 is 2.00 bits per heavy atom. The lowest BCUT2D eigenvalue weighted by Crippen LogP contribution is -2.34. The average Bonchev–Trinajstić information content (AvgIpc) is 2.46. The Hall–Kier alpha value is -1.36. The molecule has 5 heteroatoms. The van der Waals surface area contributed by atoms with E-state index < -0.39 is 11.7 Å². The molecular weight excluding hydrogens is 344 g/mol. The molecule has 0 aromatic carbocycles. The van der Waals surface area contributed by atoms with Gasteiger partial charge < -0.3 is 4.74 Å². The zero-order valence-electron chi connectivity index (χ0n) is 14.2. The SMILES string of the molecule is CC.CN(C(=O)OC(C)(C)C)c1cc2c(c(Br)n1)C=CCC2. The van der Waals surface area contributed by atoms with E-state index in [-0.39, 0.29) is 0 Å². The van der Waals surface area contributed by atoms with Crippen molar-refractivity contribution in [3.05, 3.63) is 27.9 Å². The third-order valence-electron chi connectivity index (χ3n) is 2.96. The molecule has 1 heterocycles. The van der Waals surface area contributed by atoms with Crippen molar-refractivity contribution < 1.29 is 9.53 Å². The summed E-state index contributed by atoms with van der Waals surface area (Å²) in [5.74, 6) is 0.597. The van der Waals surface area contributed by atoms with Gasteiger partial charge >= 0.3 is 6.09 Å². The summed E-state index contributed by atoms with van der Waals surface area (Å²) in [5.41, 5.74) is 1.77. The fraction of sp³-hybridized carbons (Fsp3) is 0.529. The van der Waals surface area contributed by atoms with Crippen LogP contribution in [0.5, 0.6) is 0 Å². The zero-order valence-corrected chi connectivity index (χ0v) is 15.8. The Morgan fingerprint density at radius 3 is 2.59 bits per heavy atom. The molecule has 1 aromatic heterocycles. The van der Waals surface area contributed by atoms with E-state index in [1.54, 1.807) is 7.05 Å². The van der Waals surface area contributed by atoms with Crippen molar-refractivity contribution in [1.29, 1.82) is 0 Å². The Labute approximate surface area is 141 Å². The summed E-state index contributed by atoms with van der Waals surface area (Å²) in [4.78, 5) is 17.9. The summed E-state index contributed by atoms with van der Waals surface area (Å²) >= 11 is 3.47. The largest absolute Gasteiger partial charge is 0.443 e. The van der Waals surface area contributed by atoms with E-state index in [1.807, 2.05) is 40.7 Å². The second-order valence-electron chi connectivity index (χ2n) is 5.82. The molecule has 0 atom stereocenters. The summed E-state index contributed by atoms with van der Waals surface area (Å²) in [6.45, 7) is 9.54. The van der Waals surface area contributed by atoms with Crippen LogP contribution in [0.1, 0.15) is 52.2 Å². The highest BCUT2D eigenvalue weighted by Crippen LogP contribution is 2.29. The molecular formula is C17H25BrN2O2. The van der Waals surface area contributed by atoms with E-state index in [2.05, 4.69) is 33.1 Å². The number of pyridine rings is 1. The van der Waals surface area contributed by atoms with Crippen LogP contribution in [0.15, 0.2) is 16.7 Å². The molecule has 0 N–H and O–H groups in total. The number of allylic oxidation sites excluding steroid dienone is 1. The van der Waals surface area contributed by atoms with Crippen LogP contribution in [0.25, 0.3) is 6.08 Å². The number of aryl methyl sites for hydroxylation is 1. The minimum absolute atomic E-state index is 0.400. The van der Waals surface area contributed by atoms with Crippen molar-refractivity contribution in [3.63, 3.8) is 0 Å². The molecule has 22 heavy (non-hydrogen) atoms. The van der Waals surface area contributed by atoms with Gasteiger partial charge in [0.1, 0.15) is 16.0 Å². The first-order valence-electron chi connectivity index (χ1n) is 7.60. The van der Waals surface area contributed by atoms with Crippen molar-refractivity contribution in [1.82, 2.24) is 4.98 Å². The minimum atomic E-state index is -0.514. The van der Waals surface area contributed by atoms with Crippen LogP contribution >= 0.6 is 15.9 Å². The lowest BCUT2D eigenvalue weighted by Gasteiger charge is -2.25. The molecule has 0 radical (unpaired) electrons. The Bertz CT molecular complexity index is 563. The van der Waals surface area contributed by atoms with Crippen LogP contribution in [-0.2, 0) is 11.2 Å². The second-order valence-corrected chi connectivity index (χ2v) is 6.58. The van der Waals surface area contributed by atoms with E-state index in [4.69, 9.17) is 4.74 Å². The topological polar surface area (TPSA) is 42.4 Å². The van der Waals surface area contributed by atoms with Gasteiger partial charge in [0.2, 0.25) is 0 Å². The van der Waals surface area contributed by atoms with Gasteiger partial charge in [-0.2, -0.15) is 0 Å². The number of rotatable bonds is 1. The Morgan fingerprint density at radius 1 is 1.36 bits per heavy atom. The highest BCUT2D eigenvalue weighted by atomic mass is 79.9. The maximum absolute atomic E-state index is 12.1. The average molecular weight is 369 g/mol. The van der Waals surface area contributed by atoms with Crippen molar-refractivity contribution >= 4 is 33.9 Å². The number of ether oxygens (including phenoxy) is 1. The predicted molar refractivity (Wildman–Crippen MR) is 95.3 cm³/mol. The molecule has 1 aliphatic rings. The summed E-state index contributed by atoms with van der Waals surface area (Å²) in [7, 11) is 1.67. The maximum Gasteiger partial charge on any atom is 0.415 e. The summed E-state index contributed by atoms with van der Waals surface area (Å²) in [6, 6.07) is 1.95. The first kappa shape index (κ1) is 18.7. The van der Waals surface area contributed by atoms with Gasteiger partial charge in [-0.05, 0) is 61.2 Å². The standard InChI is InChI=1S/C15H19BrN2O2.C2H6/c1-15(2,3)20-14(19)18(4)12-9-10-7-5-6-8-11(10)13(16)17-12;1-2/h6,8-9H,5,7H2,1-4H3;1-2H3. The number of nitrogens with zero attached hydrogens (tertiary/aromatic N) is 2. The van der Waals surface area contributed by atoms with E-state index in [0.29, 0.717) is 5.82 Å². The van der Waals surface area contributed by atoms with Gasteiger partial charge in [0.25, 0.3) is 0 Å². The number of carbonyl (C=O) groups excluding carboxylic acids is 1.